The Labute approximate surface area is 114 Å². The highest BCUT2D eigenvalue weighted by atomic mass is 16.5. The smallest absolute Gasteiger partial charge is 0.199 e. The van der Waals surface area contributed by atoms with Crippen LogP contribution in [0, 0.1) is 5.92 Å². The van der Waals surface area contributed by atoms with Gasteiger partial charge in [0.2, 0.25) is 0 Å². The van der Waals surface area contributed by atoms with Crippen LogP contribution in [0.5, 0.6) is 5.88 Å². The summed E-state index contributed by atoms with van der Waals surface area (Å²) in [4.78, 5) is 6.99. The summed E-state index contributed by atoms with van der Waals surface area (Å²) in [6.07, 6.45) is 5.51. The topological polar surface area (TPSA) is 29.8 Å². The highest BCUT2D eigenvalue weighted by Crippen LogP contribution is 2.23. The van der Waals surface area contributed by atoms with E-state index in [9.17, 15) is 0 Å². The van der Waals surface area contributed by atoms with E-state index in [2.05, 4.69) is 27.4 Å². The molecule has 0 saturated carbocycles. The average molecular weight is 259 g/mol. The molecular weight excluding hydrogens is 238 g/mol. The van der Waals surface area contributed by atoms with Gasteiger partial charge >= 0.3 is 0 Å². The van der Waals surface area contributed by atoms with Gasteiger partial charge in [0.25, 0.3) is 0 Å². The van der Waals surface area contributed by atoms with E-state index in [1.165, 1.54) is 25.9 Å². The standard InChI is InChI=1S/C15H21N3O/c1-17-8-6-12(7-9-17)10-14-16-11-13-4-3-5-15(19-2)18(13)14/h3-5,11-12H,6-10H2,1-2H3. The molecule has 1 aliphatic heterocycles. The molecule has 4 heteroatoms. The Kier molecular flexibility index (Phi) is 3.42. The minimum absolute atomic E-state index is 0.742. The number of nitrogens with zero attached hydrogens (tertiary/aromatic N) is 3. The normalized spacial score (nSPS) is 18.0. The highest BCUT2D eigenvalue weighted by Gasteiger charge is 2.19. The molecule has 0 aromatic carbocycles. The number of ether oxygens (including phenoxy) is 1. The second kappa shape index (κ2) is 5.21. The van der Waals surface area contributed by atoms with E-state index in [1.807, 2.05) is 18.3 Å². The van der Waals surface area contributed by atoms with E-state index < -0.39 is 0 Å². The van der Waals surface area contributed by atoms with Crippen molar-refractivity contribution in [3.8, 4) is 5.88 Å². The van der Waals surface area contributed by atoms with Gasteiger partial charge in [0, 0.05) is 6.42 Å². The summed E-state index contributed by atoms with van der Waals surface area (Å²) in [7, 11) is 3.91. The number of rotatable bonds is 3. The second-order valence-electron chi connectivity index (χ2n) is 5.45. The molecule has 0 aliphatic carbocycles. The summed E-state index contributed by atoms with van der Waals surface area (Å²) in [5, 5.41) is 0. The fraction of sp³-hybridized carbons (Fsp3) is 0.533. The molecule has 0 atom stereocenters. The van der Waals surface area contributed by atoms with Gasteiger partial charge in [-0.2, -0.15) is 0 Å². The fourth-order valence-electron chi connectivity index (χ4n) is 2.91. The molecule has 0 amide bonds. The average Bonchev–Trinajstić information content (AvgIpc) is 2.85. The third-order valence-corrected chi connectivity index (χ3v) is 4.11. The molecule has 0 bridgehead atoms. The van der Waals surface area contributed by atoms with Crippen LogP contribution >= 0.6 is 0 Å². The number of hydrogen-bond acceptors (Lipinski definition) is 3. The zero-order valence-corrected chi connectivity index (χ0v) is 11.7. The molecule has 4 nitrogen and oxygen atoms in total. The van der Waals surface area contributed by atoms with Gasteiger partial charge in [-0.05, 0) is 51.0 Å². The Morgan fingerprint density at radius 1 is 1.32 bits per heavy atom. The van der Waals surface area contributed by atoms with Crippen LogP contribution in [-0.2, 0) is 6.42 Å². The second-order valence-corrected chi connectivity index (χ2v) is 5.45. The van der Waals surface area contributed by atoms with E-state index in [0.717, 1.165) is 29.6 Å². The predicted molar refractivity (Wildman–Crippen MR) is 75.7 cm³/mol. The quantitative estimate of drug-likeness (QED) is 0.846. The lowest BCUT2D eigenvalue weighted by molar-refractivity contribution is 0.217. The highest BCUT2D eigenvalue weighted by molar-refractivity contribution is 5.49. The van der Waals surface area contributed by atoms with Crippen LogP contribution in [0.1, 0.15) is 18.7 Å². The molecule has 1 saturated heterocycles. The number of fused-ring (bicyclic) bond motifs is 1. The van der Waals surface area contributed by atoms with Crippen molar-refractivity contribution in [1.82, 2.24) is 14.3 Å². The van der Waals surface area contributed by atoms with Gasteiger partial charge in [-0.25, -0.2) is 4.98 Å². The van der Waals surface area contributed by atoms with Crippen molar-refractivity contribution in [2.24, 2.45) is 5.92 Å². The lowest BCUT2D eigenvalue weighted by Gasteiger charge is -2.28. The van der Waals surface area contributed by atoms with Crippen LogP contribution in [0.25, 0.3) is 5.52 Å². The molecule has 2 aromatic rings. The van der Waals surface area contributed by atoms with Gasteiger partial charge in [0.1, 0.15) is 5.82 Å². The third kappa shape index (κ3) is 2.45. The maximum atomic E-state index is 5.45. The molecule has 102 valence electrons. The minimum Gasteiger partial charge on any atom is -0.482 e. The first-order chi connectivity index (χ1) is 9.28. The van der Waals surface area contributed by atoms with Crippen molar-refractivity contribution >= 4 is 5.52 Å². The summed E-state index contributed by atoms with van der Waals surface area (Å²) in [5.74, 6) is 2.74. The van der Waals surface area contributed by atoms with Crippen LogP contribution in [-0.4, -0.2) is 41.5 Å². The Bertz CT molecular complexity index is 556. The largest absolute Gasteiger partial charge is 0.482 e. The van der Waals surface area contributed by atoms with Gasteiger partial charge in [-0.1, -0.05) is 6.07 Å². The molecule has 0 N–H and O–H groups in total. The molecule has 1 aliphatic rings. The maximum absolute atomic E-state index is 5.45. The molecule has 3 heterocycles. The van der Waals surface area contributed by atoms with Gasteiger partial charge in [0.05, 0.1) is 18.8 Å². The van der Waals surface area contributed by atoms with Crippen LogP contribution in [0.2, 0.25) is 0 Å². The van der Waals surface area contributed by atoms with Gasteiger partial charge in [-0.15, -0.1) is 0 Å². The zero-order valence-electron chi connectivity index (χ0n) is 11.7. The van der Waals surface area contributed by atoms with Gasteiger partial charge < -0.3 is 9.64 Å². The molecule has 2 aromatic heterocycles. The Morgan fingerprint density at radius 2 is 2.11 bits per heavy atom. The first-order valence-electron chi connectivity index (χ1n) is 6.96. The number of methoxy groups -OCH3 is 1. The molecule has 0 radical (unpaired) electrons. The molecule has 0 spiro atoms. The van der Waals surface area contributed by atoms with Crippen molar-refractivity contribution in [2.75, 3.05) is 27.2 Å². The van der Waals surface area contributed by atoms with Crippen molar-refractivity contribution < 1.29 is 4.74 Å². The number of hydrogen-bond donors (Lipinski definition) is 0. The summed E-state index contributed by atoms with van der Waals surface area (Å²) in [6.45, 7) is 2.40. The van der Waals surface area contributed by atoms with Crippen molar-refractivity contribution in [1.29, 1.82) is 0 Å². The summed E-state index contributed by atoms with van der Waals surface area (Å²) < 4.78 is 7.58. The Hall–Kier alpha value is -1.55. The lowest BCUT2D eigenvalue weighted by atomic mass is 9.93. The van der Waals surface area contributed by atoms with E-state index >= 15 is 0 Å². The number of piperidine rings is 1. The molecule has 19 heavy (non-hydrogen) atoms. The van der Waals surface area contributed by atoms with E-state index in [1.54, 1.807) is 7.11 Å². The number of likely N-dealkylation sites (tertiary alicyclic amines) is 1. The van der Waals surface area contributed by atoms with Crippen LogP contribution < -0.4 is 4.74 Å². The van der Waals surface area contributed by atoms with E-state index in [-0.39, 0.29) is 0 Å². The first-order valence-corrected chi connectivity index (χ1v) is 6.96. The monoisotopic (exact) mass is 259 g/mol. The zero-order chi connectivity index (χ0) is 13.2. The van der Waals surface area contributed by atoms with Gasteiger partial charge in [0.15, 0.2) is 5.88 Å². The Balaban J connectivity index is 1.85. The van der Waals surface area contributed by atoms with E-state index in [4.69, 9.17) is 4.74 Å². The predicted octanol–water partition coefficient (Wildman–Crippen LogP) is 2.23. The molecule has 3 rings (SSSR count). The SMILES string of the molecule is COc1cccc2cnc(CC3CCN(C)CC3)n12. The summed E-state index contributed by atoms with van der Waals surface area (Å²) in [6, 6.07) is 6.08. The minimum atomic E-state index is 0.742. The third-order valence-electron chi connectivity index (χ3n) is 4.11. The number of pyridine rings is 1. The fourth-order valence-corrected chi connectivity index (χ4v) is 2.91. The van der Waals surface area contributed by atoms with E-state index in [0.29, 0.717) is 0 Å². The van der Waals surface area contributed by atoms with Crippen molar-refractivity contribution in [3.05, 3.63) is 30.2 Å². The maximum Gasteiger partial charge on any atom is 0.199 e. The number of imidazole rings is 1. The Morgan fingerprint density at radius 3 is 2.84 bits per heavy atom. The summed E-state index contributed by atoms with van der Waals surface area (Å²) in [5.41, 5.74) is 1.11. The van der Waals surface area contributed by atoms with Crippen molar-refractivity contribution in [3.63, 3.8) is 0 Å². The van der Waals surface area contributed by atoms with Gasteiger partial charge in [-0.3, -0.25) is 4.40 Å². The molecule has 1 fully saturated rings. The lowest BCUT2D eigenvalue weighted by Crippen LogP contribution is -2.31. The van der Waals surface area contributed by atoms with Crippen LogP contribution in [0.4, 0.5) is 0 Å². The molecular formula is C15H21N3O. The number of aromatic nitrogens is 2. The first kappa shape index (κ1) is 12.5. The van der Waals surface area contributed by atoms with Crippen LogP contribution in [0.15, 0.2) is 24.4 Å². The molecule has 0 unspecified atom stereocenters. The van der Waals surface area contributed by atoms with Crippen molar-refractivity contribution in [2.45, 2.75) is 19.3 Å². The van der Waals surface area contributed by atoms with Crippen LogP contribution in [0.3, 0.4) is 0 Å². The summed E-state index contributed by atoms with van der Waals surface area (Å²) >= 11 is 0.